The summed E-state index contributed by atoms with van der Waals surface area (Å²) in [5, 5.41) is 31.7. The van der Waals surface area contributed by atoms with Crippen LogP contribution in [0.4, 0.5) is 0 Å². The van der Waals surface area contributed by atoms with Crippen LogP contribution >= 0.6 is 0 Å². The molecule has 0 unspecified atom stereocenters. The Morgan fingerprint density at radius 1 is 0.476 bits per heavy atom. The topological polar surface area (TPSA) is 65.2 Å². The van der Waals surface area contributed by atoms with E-state index < -0.39 is 0 Å². The number of aliphatic hydroxyl groups excluding tert-OH is 2. The zero-order chi connectivity index (χ0) is 29.1. The molecule has 8 aliphatic carbocycles. The summed E-state index contributed by atoms with van der Waals surface area (Å²) in [6, 6.07) is 0. The van der Waals surface area contributed by atoms with Gasteiger partial charge in [-0.25, -0.2) is 0 Å². The lowest BCUT2D eigenvalue weighted by Crippen LogP contribution is -2.54. The molecule has 8 rings (SSSR count). The highest BCUT2D eigenvalue weighted by Gasteiger charge is 2.61. The van der Waals surface area contributed by atoms with Crippen molar-refractivity contribution in [3.05, 3.63) is 0 Å². The van der Waals surface area contributed by atoms with Gasteiger partial charge in [0.2, 0.25) is 0 Å². The molecule has 0 bridgehead atoms. The first-order chi connectivity index (χ1) is 20.1. The molecule has 0 heterocycles. The smallest absolute Gasteiger partial charge is 0.0596 e. The minimum Gasteiger partial charge on any atom is -0.393 e. The van der Waals surface area contributed by atoms with E-state index in [4.69, 9.17) is 10.2 Å². The molecule has 0 aliphatic heterocycles. The van der Waals surface area contributed by atoms with Crippen LogP contribution in [0, 0.1) is 69.0 Å². The summed E-state index contributed by atoms with van der Waals surface area (Å²) in [5.74, 6) is 6.43. The monoisotopic (exact) mass is 576 g/mol. The van der Waals surface area contributed by atoms with Crippen molar-refractivity contribution >= 4 is 11.4 Å². The number of rotatable bonds is 1. The number of aliphatic hydroxyl groups is 2. The molecule has 8 fully saturated rings. The fourth-order valence-corrected chi connectivity index (χ4v) is 14.4. The van der Waals surface area contributed by atoms with Gasteiger partial charge in [0.1, 0.15) is 0 Å². The number of fused-ring (bicyclic) bond motifs is 10. The first-order valence-corrected chi connectivity index (χ1v) is 18.5. The zero-order valence-electron chi connectivity index (χ0n) is 27.3. The molecule has 14 atom stereocenters. The molecule has 0 aromatic rings. The second kappa shape index (κ2) is 9.88. The molecule has 0 saturated heterocycles. The predicted molar refractivity (Wildman–Crippen MR) is 170 cm³/mol. The van der Waals surface area contributed by atoms with Crippen LogP contribution in [0.1, 0.15) is 143 Å². The third kappa shape index (κ3) is 3.97. The first-order valence-electron chi connectivity index (χ1n) is 18.5. The first kappa shape index (κ1) is 28.7. The van der Waals surface area contributed by atoms with Crippen molar-refractivity contribution in [3.8, 4) is 0 Å². The molecule has 2 N–H and O–H groups in total. The van der Waals surface area contributed by atoms with Gasteiger partial charge >= 0.3 is 0 Å². The van der Waals surface area contributed by atoms with Gasteiger partial charge in [0.15, 0.2) is 0 Å². The van der Waals surface area contributed by atoms with Gasteiger partial charge in [-0.05, 0) is 185 Å². The van der Waals surface area contributed by atoms with E-state index in [0.717, 1.165) is 73.0 Å². The molecule has 0 radical (unpaired) electrons. The third-order valence-corrected chi connectivity index (χ3v) is 17.2. The fourth-order valence-electron chi connectivity index (χ4n) is 14.4. The summed E-state index contributed by atoms with van der Waals surface area (Å²) in [7, 11) is 0. The summed E-state index contributed by atoms with van der Waals surface area (Å²) >= 11 is 0. The van der Waals surface area contributed by atoms with Crippen LogP contribution in [0.3, 0.4) is 0 Å². The predicted octanol–water partition coefficient (Wildman–Crippen LogP) is 8.59. The summed E-state index contributed by atoms with van der Waals surface area (Å²) in [5.41, 5.74) is 4.08. The van der Waals surface area contributed by atoms with Crippen molar-refractivity contribution in [1.29, 1.82) is 0 Å². The van der Waals surface area contributed by atoms with E-state index in [0.29, 0.717) is 10.8 Å². The standard InChI is InChI=1S/C38H60N2O2/c1-35-17-13-25(21-23(35)5-7-27-29-9-11-33(41)37(29,3)19-15-31(27)35)39-40-26-14-18-36(2)24(22-26)6-8-28-30-10-12-34(42)38(30,4)20-16-32(28)36/h23-24,27-34,41-42H,5-22H2,1-4H3/b39-25-,40-26+/t23-,24+,27-,28-,29-,30-,31-,32-,33-,34-,35-,36-,37-,38-/m0/s1. The van der Waals surface area contributed by atoms with Crippen molar-refractivity contribution < 1.29 is 10.2 Å². The highest BCUT2D eigenvalue weighted by molar-refractivity contribution is 5.89. The molecular weight excluding hydrogens is 516 g/mol. The van der Waals surface area contributed by atoms with Gasteiger partial charge < -0.3 is 10.2 Å². The van der Waals surface area contributed by atoms with Crippen LogP contribution in [-0.4, -0.2) is 33.8 Å². The Labute approximate surface area is 256 Å². The molecule has 8 aliphatic rings. The number of hydrogen-bond donors (Lipinski definition) is 2. The summed E-state index contributed by atoms with van der Waals surface area (Å²) in [6.45, 7) is 10.1. The Hall–Kier alpha value is -0.740. The zero-order valence-corrected chi connectivity index (χ0v) is 27.3. The maximum atomic E-state index is 10.8. The SMILES string of the molecule is C[C@]12CC/C(=N\N=C3\CC[C@@]4(C)[C@@H](CC[C@@H]5[C@@H]4CC[C@]4(C)[C@@H](O)CC[C@@H]54)C3)C[C@H]1CC[C@@H]1[C@@H]2CC[C@]2(C)[C@@H](O)CC[C@@H]12. The van der Waals surface area contributed by atoms with E-state index in [1.54, 1.807) is 0 Å². The molecular formula is C38H60N2O2. The molecule has 234 valence electrons. The van der Waals surface area contributed by atoms with Gasteiger partial charge in [-0.1, -0.05) is 27.7 Å². The Kier molecular flexibility index (Phi) is 6.75. The highest BCUT2D eigenvalue weighted by atomic mass is 16.3. The van der Waals surface area contributed by atoms with Crippen LogP contribution < -0.4 is 0 Å². The minimum absolute atomic E-state index is 0.0642. The average molecular weight is 577 g/mol. The lowest BCUT2D eigenvalue weighted by Gasteiger charge is -2.60. The maximum absolute atomic E-state index is 10.8. The number of nitrogens with zero attached hydrogens (tertiary/aromatic N) is 2. The van der Waals surface area contributed by atoms with Crippen LogP contribution in [0.2, 0.25) is 0 Å². The van der Waals surface area contributed by atoms with Gasteiger partial charge in [0.05, 0.1) is 12.2 Å². The van der Waals surface area contributed by atoms with E-state index in [-0.39, 0.29) is 23.0 Å². The van der Waals surface area contributed by atoms with E-state index in [1.807, 2.05) is 0 Å². The largest absolute Gasteiger partial charge is 0.393 e. The van der Waals surface area contributed by atoms with Crippen LogP contribution in [-0.2, 0) is 0 Å². The molecule has 4 nitrogen and oxygen atoms in total. The quantitative estimate of drug-likeness (QED) is 0.307. The molecule has 0 amide bonds. The minimum atomic E-state index is -0.0642. The van der Waals surface area contributed by atoms with Gasteiger partial charge in [0, 0.05) is 11.4 Å². The van der Waals surface area contributed by atoms with E-state index in [9.17, 15) is 10.2 Å². The molecule has 0 spiro atoms. The van der Waals surface area contributed by atoms with Crippen molar-refractivity contribution in [2.45, 2.75) is 155 Å². The average Bonchev–Trinajstić information content (AvgIpc) is 3.46. The maximum Gasteiger partial charge on any atom is 0.0596 e. The van der Waals surface area contributed by atoms with Gasteiger partial charge in [-0.2, -0.15) is 10.2 Å². The summed E-state index contributed by atoms with van der Waals surface area (Å²) < 4.78 is 0. The lowest BCUT2D eigenvalue weighted by atomic mass is 9.45. The Bertz CT molecular complexity index is 1060. The molecule has 8 saturated carbocycles. The fraction of sp³-hybridized carbons (Fsp3) is 0.947. The van der Waals surface area contributed by atoms with Crippen molar-refractivity contribution in [1.82, 2.24) is 0 Å². The lowest BCUT2D eigenvalue weighted by molar-refractivity contribution is -0.112. The van der Waals surface area contributed by atoms with Crippen molar-refractivity contribution in [2.75, 3.05) is 0 Å². The molecule has 0 aromatic carbocycles. The van der Waals surface area contributed by atoms with E-state index >= 15 is 0 Å². The molecule has 0 aromatic heterocycles. The third-order valence-electron chi connectivity index (χ3n) is 17.2. The molecule has 4 heteroatoms. The van der Waals surface area contributed by atoms with Crippen molar-refractivity contribution in [3.63, 3.8) is 0 Å². The van der Waals surface area contributed by atoms with E-state index in [2.05, 4.69) is 27.7 Å². The van der Waals surface area contributed by atoms with Gasteiger partial charge in [-0.15, -0.1) is 0 Å². The summed E-state index contributed by atoms with van der Waals surface area (Å²) in [6.07, 6.45) is 22.3. The van der Waals surface area contributed by atoms with Crippen LogP contribution in [0.5, 0.6) is 0 Å². The van der Waals surface area contributed by atoms with Crippen molar-refractivity contribution in [2.24, 2.45) is 79.2 Å². The Morgan fingerprint density at radius 2 is 0.881 bits per heavy atom. The Morgan fingerprint density at radius 3 is 1.31 bits per heavy atom. The number of hydrogen-bond acceptors (Lipinski definition) is 4. The van der Waals surface area contributed by atoms with E-state index in [1.165, 1.54) is 101 Å². The van der Waals surface area contributed by atoms with Crippen LogP contribution in [0.15, 0.2) is 10.2 Å². The molecule has 42 heavy (non-hydrogen) atoms. The Balaban J connectivity index is 0.928. The second-order valence-electron chi connectivity index (χ2n) is 18.3. The second-order valence-corrected chi connectivity index (χ2v) is 18.3. The summed E-state index contributed by atoms with van der Waals surface area (Å²) in [4.78, 5) is 0. The van der Waals surface area contributed by atoms with Gasteiger partial charge in [-0.3, -0.25) is 0 Å². The van der Waals surface area contributed by atoms with Crippen LogP contribution in [0.25, 0.3) is 0 Å². The van der Waals surface area contributed by atoms with Gasteiger partial charge in [0.25, 0.3) is 0 Å². The highest BCUT2D eigenvalue weighted by Crippen LogP contribution is 2.67. The normalized spacial score (nSPS) is 58.9.